The molecule has 5 nitrogen and oxygen atoms in total. The molecule has 1 aromatic heterocycles. The van der Waals surface area contributed by atoms with E-state index in [0.29, 0.717) is 21.8 Å². The van der Waals surface area contributed by atoms with Gasteiger partial charge >= 0.3 is 0 Å². The Kier molecular flexibility index (Phi) is 7.38. The zero-order valence-electron chi connectivity index (χ0n) is 17.7. The number of carbonyl (C=O) groups is 2. The van der Waals surface area contributed by atoms with Crippen LogP contribution in [-0.2, 0) is 4.79 Å². The van der Waals surface area contributed by atoms with Gasteiger partial charge in [-0.15, -0.1) is 23.1 Å². The highest BCUT2D eigenvalue weighted by Gasteiger charge is 2.15. The van der Waals surface area contributed by atoms with Gasteiger partial charge in [0, 0.05) is 27.1 Å². The number of rotatable bonds is 7. The van der Waals surface area contributed by atoms with E-state index in [1.54, 1.807) is 18.2 Å². The van der Waals surface area contributed by atoms with Gasteiger partial charge in [0.25, 0.3) is 5.91 Å². The summed E-state index contributed by atoms with van der Waals surface area (Å²) in [6.45, 7) is 0. The summed E-state index contributed by atoms with van der Waals surface area (Å²) in [5.74, 6) is -0.854. The molecule has 0 fully saturated rings. The number of amides is 2. The minimum Gasteiger partial charge on any atom is -0.322 e. The molecule has 0 aliphatic carbocycles. The topological polar surface area (TPSA) is 82.0 Å². The SMILES string of the molecule is N#Cc1c(-c2ccccc2)csc1NC(=O)CSc1cccc(NC(=O)c2ccc(F)cc2)c1. The highest BCUT2D eigenvalue weighted by molar-refractivity contribution is 8.00. The van der Waals surface area contributed by atoms with Crippen molar-refractivity contribution in [1.29, 1.82) is 5.26 Å². The van der Waals surface area contributed by atoms with E-state index < -0.39 is 5.82 Å². The van der Waals surface area contributed by atoms with Crippen LogP contribution >= 0.6 is 23.1 Å². The molecule has 168 valence electrons. The normalized spacial score (nSPS) is 10.4. The van der Waals surface area contributed by atoms with Crippen molar-refractivity contribution >= 4 is 45.6 Å². The lowest BCUT2D eigenvalue weighted by molar-refractivity contribution is -0.113. The van der Waals surface area contributed by atoms with Crippen molar-refractivity contribution in [3.05, 3.63) is 101 Å². The lowest BCUT2D eigenvalue weighted by Gasteiger charge is -2.08. The Bertz CT molecular complexity index is 1360. The molecule has 0 bridgehead atoms. The highest BCUT2D eigenvalue weighted by Crippen LogP contribution is 2.35. The molecule has 8 heteroatoms. The fraction of sp³-hybridized carbons (Fsp3) is 0.0385. The predicted octanol–water partition coefficient (Wildman–Crippen LogP) is 6.41. The number of halogens is 1. The fourth-order valence-corrected chi connectivity index (χ4v) is 4.86. The lowest BCUT2D eigenvalue weighted by Crippen LogP contribution is -2.14. The number of hydrogen-bond donors (Lipinski definition) is 2. The van der Waals surface area contributed by atoms with E-state index in [-0.39, 0.29) is 17.6 Å². The van der Waals surface area contributed by atoms with E-state index in [9.17, 15) is 19.2 Å². The van der Waals surface area contributed by atoms with Crippen LogP contribution in [0.5, 0.6) is 0 Å². The van der Waals surface area contributed by atoms with Crippen molar-refractivity contribution in [1.82, 2.24) is 0 Å². The number of hydrogen-bond acceptors (Lipinski definition) is 5. The van der Waals surface area contributed by atoms with Gasteiger partial charge in [-0.2, -0.15) is 5.26 Å². The number of benzene rings is 3. The molecule has 0 saturated carbocycles. The zero-order valence-corrected chi connectivity index (χ0v) is 19.4. The molecule has 0 radical (unpaired) electrons. The predicted molar refractivity (Wildman–Crippen MR) is 135 cm³/mol. The molecule has 0 atom stereocenters. The molecule has 0 saturated heterocycles. The minimum atomic E-state index is -0.408. The second-order valence-electron chi connectivity index (χ2n) is 7.16. The first-order valence-electron chi connectivity index (χ1n) is 10.2. The van der Waals surface area contributed by atoms with Crippen molar-refractivity contribution in [2.24, 2.45) is 0 Å². The summed E-state index contributed by atoms with van der Waals surface area (Å²) >= 11 is 2.63. The number of thiophene rings is 1. The molecule has 34 heavy (non-hydrogen) atoms. The van der Waals surface area contributed by atoms with E-state index in [1.165, 1.54) is 47.4 Å². The fourth-order valence-electron chi connectivity index (χ4n) is 3.17. The van der Waals surface area contributed by atoms with Gasteiger partial charge in [0.2, 0.25) is 5.91 Å². The van der Waals surface area contributed by atoms with Crippen LogP contribution in [-0.4, -0.2) is 17.6 Å². The Morgan fingerprint density at radius 2 is 1.74 bits per heavy atom. The molecule has 2 amide bonds. The van der Waals surface area contributed by atoms with Gasteiger partial charge in [-0.1, -0.05) is 36.4 Å². The Morgan fingerprint density at radius 3 is 2.47 bits per heavy atom. The summed E-state index contributed by atoms with van der Waals surface area (Å²) in [5, 5.41) is 17.6. The summed E-state index contributed by atoms with van der Waals surface area (Å²) in [4.78, 5) is 25.7. The van der Waals surface area contributed by atoms with Gasteiger partial charge in [-0.3, -0.25) is 9.59 Å². The molecule has 4 rings (SSSR count). The highest BCUT2D eigenvalue weighted by atomic mass is 32.2. The van der Waals surface area contributed by atoms with E-state index >= 15 is 0 Å². The van der Waals surface area contributed by atoms with Crippen molar-refractivity contribution in [2.75, 3.05) is 16.4 Å². The van der Waals surface area contributed by atoms with Crippen LogP contribution in [0, 0.1) is 17.1 Å². The van der Waals surface area contributed by atoms with E-state index in [1.807, 2.05) is 41.8 Å². The summed E-state index contributed by atoms with van der Waals surface area (Å²) in [7, 11) is 0. The van der Waals surface area contributed by atoms with Gasteiger partial charge in [0.15, 0.2) is 0 Å². The zero-order chi connectivity index (χ0) is 23.9. The molecule has 0 aliphatic heterocycles. The number of nitriles is 1. The van der Waals surface area contributed by atoms with Gasteiger partial charge < -0.3 is 10.6 Å². The molecule has 2 N–H and O–H groups in total. The van der Waals surface area contributed by atoms with Crippen LogP contribution in [0.1, 0.15) is 15.9 Å². The summed E-state index contributed by atoms with van der Waals surface area (Å²) < 4.78 is 13.1. The number of anilines is 2. The third-order valence-corrected chi connectivity index (χ3v) is 6.70. The lowest BCUT2D eigenvalue weighted by atomic mass is 10.1. The third kappa shape index (κ3) is 5.70. The smallest absolute Gasteiger partial charge is 0.255 e. The van der Waals surface area contributed by atoms with Crippen LogP contribution in [0.3, 0.4) is 0 Å². The van der Waals surface area contributed by atoms with Crippen LogP contribution in [0.25, 0.3) is 11.1 Å². The Hall–Kier alpha value is -3.93. The number of nitrogens with one attached hydrogen (secondary N) is 2. The van der Waals surface area contributed by atoms with Crippen LogP contribution in [0.15, 0.2) is 89.1 Å². The van der Waals surface area contributed by atoms with Gasteiger partial charge in [0.1, 0.15) is 16.9 Å². The first-order chi connectivity index (χ1) is 16.5. The maximum atomic E-state index is 13.1. The molecule has 0 aliphatic rings. The monoisotopic (exact) mass is 487 g/mol. The molecule has 0 unspecified atom stereocenters. The second-order valence-corrected chi connectivity index (χ2v) is 9.09. The molecule has 3 aromatic carbocycles. The Labute approximate surface area is 204 Å². The Balaban J connectivity index is 1.37. The number of thioether (sulfide) groups is 1. The molecule has 4 aromatic rings. The quantitative estimate of drug-likeness (QED) is 0.295. The first kappa shape index (κ1) is 23.2. The van der Waals surface area contributed by atoms with Crippen molar-refractivity contribution in [3.63, 3.8) is 0 Å². The summed E-state index contributed by atoms with van der Waals surface area (Å²) in [6.07, 6.45) is 0. The van der Waals surface area contributed by atoms with Crippen molar-refractivity contribution in [3.8, 4) is 17.2 Å². The van der Waals surface area contributed by atoms with Crippen molar-refractivity contribution in [2.45, 2.75) is 4.90 Å². The van der Waals surface area contributed by atoms with Gasteiger partial charge in [0.05, 0.1) is 11.3 Å². The van der Waals surface area contributed by atoms with Crippen LogP contribution in [0.2, 0.25) is 0 Å². The second kappa shape index (κ2) is 10.8. The molecule has 1 heterocycles. The maximum Gasteiger partial charge on any atom is 0.255 e. The van der Waals surface area contributed by atoms with E-state index in [0.717, 1.165) is 16.0 Å². The van der Waals surface area contributed by atoms with Gasteiger partial charge in [-0.05, 0) is 48.0 Å². The largest absolute Gasteiger partial charge is 0.322 e. The van der Waals surface area contributed by atoms with Crippen LogP contribution in [0.4, 0.5) is 15.1 Å². The van der Waals surface area contributed by atoms with Crippen LogP contribution < -0.4 is 10.6 Å². The maximum absolute atomic E-state index is 13.1. The Morgan fingerprint density at radius 1 is 0.971 bits per heavy atom. The van der Waals surface area contributed by atoms with E-state index in [4.69, 9.17) is 0 Å². The minimum absolute atomic E-state index is 0.138. The molecule has 0 spiro atoms. The average molecular weight is 488 g/mol. The molecular formula is C26H18FN3O2S2. The summed E-state index contributed by atoms with van der Waals surface area (Å²) in [5.41, 5.74) is 3.07. The average Bonchev–Trinajstić information content (AvgIpc) is 3.26. The van der Waals surface area contributed by atoms with E-state index in [2.05, 4.69) is 16.7 Å². The molecular weight excluding hydrogens is 469 g/mol. The number of nitrogens with zero attached hydrogens (tertiary/aromatic N) is 1. The third-order valence-electron chi connectivity index (χ3n) is 4.81. The number of carbonyl (C=O) groups excluding carboxylic acids is 2. The summed E-state index contributed by atoms with van der Waals surface area (Å²) in [6, 6.07) is 24.2. The van der Waals surface area contributed by atoms with Gasteiger partial charge in [-0.25, -0.2) is 4.39 Å². The standard InChI is InChI=1S/C26H18FN3O2S2/c27-19-11-9-18(10-12-19)25(32)29-20-7-4-8-21(13-20)33-16-24(31)30-26-22(14-28)23(15-34-26)17-5-2-1-3-6-17/h1-13,15H,16H2,(H,29,32)(H,30,31). The van der Waals surface area contributed by atoms with Crippen molar-refractivity contribution < 1.29 is 14.0 Å². The first-order valence-corrected chi connectivity index (χ1v) is 12.1.